The molecular formula is C10H8BrClO. The molecule has 1 aromatic heterocycles. The first-order valence-electron chi connectivity index (χ1n) is 4.09. The van der Waals surface area contributed by atoms with Crippen LogP contribution in [0.2, 0.25) is 5.02 Å². The van der Waals surface area contributed by atoms with Crippen LogP contribution >= 0.6 is 27.5 Å². The molecule has 0 fully saturated rings. The third kappa shape index (κ3) is 1.38. The summed E-state index contributed by atoms with van der Waals surface area (Å²) in [6, 6.07) is 5.69. The van der Waals surface area contributed by atoms with Crippen molar-refractivity contribution in [1.29, 1.82) is 0 Å². The second-order valence-electron chi connectivity index (χ2n) is 2.82. The van der Waals surface area contributed by atoms with Gasteiger partial charge in [0.15, 0.2) is 4.67 Å². The highest BCUT2D eigenvalue weighted by Crippen LogP contribution is 2.34. The molecule has 1 aromatic carbocycles. The van der Waals surface area contributed by atoms with Gasteiger partial charge in [0.2, 0.25) is 0 Å². The lowest BCUT2D eigenvalue weighted by Crippen LogP contribution is -1.77. The molecule has 68 valence electrons. The molecule has 0 bridgehead atoms. The summed E-state index contributed by atoms with van der Waals surface area (Å²) in [5.74, 6) is 0. The van der Waals surface area contributed by atoms with E-state index in [-0.39, 0.29) is 0 Å². The summed E-state index contributed by atoms with van der Waals surface area (Å²) >= 11 is 9.45. The minimum absolute atomic E-state index is 0.754. The van der Waals surface area contributed by atoms with Crippen molar-refractivity contribution in [2.75, 3.05) is 0 Å². The van der Waals surface area contributed by atoms with E-state index in [2.05, 4.69) is 22.9 Å². The lowest BCUT2D eigenvalue weighted by atomic mass is 10.1. The van der Waals surface area contributed by atoms with Gasteiger partial charge in [0.1, 0.15) is 5.58 Å². The van der Waals surface area contributed by atoms with E-state index in [0.29, 0.717) is 0 Å². The van der Waals surface area contributed by atoms with Gasteiger partial charge in [-0.05, 0) is 34.5 Å². The number of furan rings is 1. The molecule has 0 N–H and O–H groups in total. The first-order chi connectivity index (χ1) is 6.24. The number of fused-ring (bicyclic) bond motifs is 1. The molecule has 0 atom stereocenters. The average molecular weight is 260 g/mol. The zero-order chi connectivity index (χ0) is 9.42. The topological polar surface area (TPSA) is 13.1 Å². The van der Waals surface area contributed by atoms with Crippen molar-refractivity contribution in [3.8, 4) is 0 Å². The minimum Gasteiger partial charge on any atom is -0.449 e. The summed E-state index contributed by atoms with van der Waals surface area (Å²) in [5, 5.41) is 1.78. The summed E-state index contributed by atoms with van der Waals surface area (Å²) in [6.07, 6.45) is 0.914. The second-order valence-corrected chi connectivity index (χ2v) is 3.95. The van der Waals surface area contributed by atoms with E-state index in [1.807, 2.05) is 18.2 Å². The van der Waals surface area contributed by atoms with Gasteiger partial charge >= 0.3 is 0 Å². The van der Waals surface area contributed by atoms with Crippen molar-refractivity contribution in [1.82, 2.24) is 0 Å². The van der Waals surface area contributed by atoms with Crippen LogP contribution in [0.15, 0.2) is 27.3 Å². The van der Waals surface area contributed by atoms with Crippen molar-refractivity contribution >= 4 is 38.5 Å². The smallest absolute Gasteiger partial charge is 0.173 e. The Labute approximate surface area is 89.8 Å². The van der Waals surface area contributed by atoms with Gasteiger partial charge in [-0.1, -0.05) is 24.6 Å². The number of halogens is 2. The highest BCUT2D eigenvalue weighted by Gasteiger charge is 2.12. The molecule has 2 aromatic rings. The Morgan fingerprint density at radius 2 is 2.23 bits per heavy atom. The van der Waals surface area contributed by atoms with Crippen LogP contribution < -0.4 is 0 Å². The zero-order valence-corrected chi connectivity index (χ0v) is 9.45. The molecule has 1 nitrogen and oxygen atoms in total. The van der Waals surface area contributed by atoms with Crippen LogP contribution in [0.1, 0.15) is 12.5 Å². The molecule has 0 aliphatic rings. The monoisotopic (exact) mass is 258 g/mol. The van der Waals surface area contributed by atoms with E-state index in [4.69, 9.17) is 16.0 Å². The maximum absolute atomic E-state index is 6.07. The van der Waals surface area contributed by atoms with E-state index in [0.717, 1.165) is 32.6 Å². The van der Waals surface area contributed by atoms with Gasteiger partial charge in [0, 0.05) is 10.9 Å². The maximum atomic E-state index is 6.07. The van der Waals surface area contributed by atoms with Crippen LogP contribution in [0.25, 0.3) is 11.0 Å². The molecule has 0 saturated heterocycles. The van der Waals surface area contributed by atoms with Gasteiger partial charge in [-0.2, -0.15) is 0 Å². The van der Waals surface area contributed by atoms with E-state index in [9.17, 15) is 0 Å². The summed E-state index contributed by atoms with van der Waals surface area (Å²) in [6.45, 7) is 2.08. The van der Waals surface area contributed by atoms with Gasteiger partial charge < -0.3 is 4.42 Å². The summed E-state index contributed by atoms with van der Waals surface area (Å²) in [7, 11) is 0. The number of hydrogen-bond acceptors (Lipinski definition) is 1. The van der Waals surface area contributed by atoms with Crippen molar-refractivity contribution in [2.45, 2.75) is 13.3 Å². The largest absolute Gasteiger partial charge is 0.449 e. The quantitative estimate of drug-likeness (QED) is 0.739. The van der Waals surface area contributed by atoms with E-state index >= 15 is 0 Å². The molecule has 0 radical (unpaired) electrons. The summed E-state index contributed by atoms with van der Waals surface area (Å²) < 4.78 is 6.29. The minimum atomic E-state index is 0.754. The normalized spacial score (nSPS) is 11.0. The number of hydrogen-bond donors (Lipinski definition) is 0. The molecule has 0 saturated carbocycles. The standard InChI is InChI=1S/C10H8BrClO/c1-2-6-9-7(12)4-3-5-8(9)13-10(6)11/h3-5H,2H2,1H3. The Morgan fingerprint density at radius 3 is 2.92 bits per heavy atom. The Bertz CT molecular complexity index is 447. The van der Waals surface area contributed by atoms with Crippen LogP contribution in [0, 0.1) is 0 Å². The fourth-order valence-electron chi connectivity index (χ4n) is 1.45. The first-order valence-corrected chi connectivity index (χ1v) is 5.26. The van der Waals surface area contributed by atoms with Gasteiger partial charge in [-0.15, -0.1) is 0 Å². The Morgan fingerprint density at radius 1 is 1.46 bits per heavy atom. The molecule has 0 aliphatic heterocycles. The zero-order valence-electron chi connectivity index (χ0n) is 7.10. The maximum Gasteiger partial charge on any atom is 0.173 e. The molecule has 1 heterocycles. The van der Waals surface area contributed by atoms with Gasteiger partial charge in [-0.3, -0.25) is 0 Å². The lowest BCUT2D eigenvalue weighted by Gasteiger charge is -1.94. The molecule has 0 unspecified atom stereocenters. The van der Waals surface area contributed by atoms with E-state index in [1.165, 1.54) is 0 Å². The fraction of sp³-hybridized carbons (Fsp3) is 0.200. The molecule has 2 rings (SSSR count). The third-order valence-corrected chi connectivity index (χ3v) is 3.02. The molecule has 13 heavy (non-hydrogen) atoms. The van der Waals surface area contributed by atoms with Crippen LogP contribution in [-0.4, -0.2) is 0 Å². The van der Waals surface area contributed by atoms with Crippen molar-refractivity contribution in [2.24, 2.45) is 0 Å². The predicted molar refractivity (Wildman–Crippen MR) is 58.3 cm³/mol. The van der Waals surface area contributed by atoms with E-state index < -0.39 is 0 Å². The second kappa shape index (κ2) is 3.35. The van der Waals surface area contributed by atoms with E-state index in [1.54, 1.807) is 0 Å². The highest BCUT2D eigenvalue weighted by atomic mass is 79.9. The number of rotatable bonds is 1. The highest BCUT2D eigenvalue weighted by molar-refractivity contribution is 9.10. The molecular weight excluding hydrogens is 251 g/mol. The van der Waals surface area contributed by atoms with Gasteiger partial charge in [0.05, 0.1) is 5.02 Å². The summed E-state index contributed by atoms with van der Waals surface area (Å²) in [4.78, 5) is 0. The third-order valence-electron chi connectivity index (χ3n) is 2.07. The molecule has 0 amide bonds. The van der Waals surface area contributed by atoms with Gasteiger partial charge in [0.25, 0.3) is 0 Å². The molecule has 0 spiro atoms. The van der Waals surface area contributed by atoms with Crippen LogP contribution in [-0.2, 0) is 6.42 Å². The Kier molecular flexibility index (Phi) is 2.35. The SMILES string of the molecule is CCc1c(Br)oc2cccc(Cl)c12. The fourth-order valence-corrected chi connectivity index (χ4v) is 2.39. The number of benzene rings is 1. The Balaban J connectivity index is 2.88. The van der Waals surface area contributed by atoms with Crippen molar-refractivity contribution in [3.05, 3.63) is 33.5 Å². The molecule has 0 aliphatic carbocycles. The van der Waals surface area contributed by atoms with Crippen LogP contribution in [0.4, 0.5) is 0 Å². The van der Waals surface area contributed by atoms with Crippen LogP contribution in [0.5, 0.6) is 0 Å². The van der Waals surface area contributed by atoms with Crippen molar-refractivity contribution < 1.29 is 4.42 Å². The first kappa shape index (κ1) is 9.10. The molecule has 3 heteroatoms. The number of aryl methyl sites for hydroxylation is 1. The lowest BCUT2D eigenvalue weighted by molar-refractivity contribution is 0.582. The van der Waals surface area contributed by atoms with Gasteiger partial charge in [-0.25, -0.2) is 0 Å². The predicted octanol–water partition coefficient (Wildman–Crippen LogP) is 4.41. The van der Waals surface area contributed by atoms with Crippen LogP contribution in [0.3, 0.4) is 0 Å². The Hall–Kier alpha value is -0.470. The average Bonchev–Trinajstić information content (AvgIpc) is 2.42. The summed E-state index contributed by atoms with van der Waals surface area (Å²) in [5.41, 5.74) is 1.98. The van der Waals surface area contributed by atoms with Crippen molar-refractivity contribution in [3.63, 3.8) is 0 Å².